The van der Waals surface area contributed by atoms with Gasteiger partial charge in [0, 0.05) is 24.7 Å². The number of nitrogens with zero attached hydrogens (tertiary/aromatic N) is 1. The Labute approximate surface area is 178 Å². The van der Waals surface area contributed by atoms with Gasteiger partial charge in [0.25, 0.3) is 5.91 Å². The standard InChI is InChI=1S/C22H28N2O5S/c1-16-6-4-5-13-24(16)30(26,27)21-14-18(9-12-20(21)29-3)22(25)23-15-17-7-10-19(28-2)11-8-17/h7-12,14,16H,4-6,13,15H2,1-3H3,(H,23,25)/t16-/m1/s1. The van der Waals surface area contributed by atoms with Crippen LogP contribution in [-0.4, -0.2) is 45.4 Å². The first-order valence-electron chi connectivity index (χ1n) is 9.98. The minimum atomic E-state index is -3.77. The lowest BCUT2D eigenvalue weighted by Gasteiger charge is -2.32. The molecule has 0 saturated carbocycles. The van der Waals surface area contributed by atoms with Crippen LogP contribution < -0.4 is 14.8 Å². The number of carbonyl (C=O) groups is 1. The van der Waals surface area contributed by atoms with E-state index in [9.17, 15) is 13.2 Å². The first-order valence-corrected chi connectivity index (χ1v) is 11.4. The number of nitrogens with one attached hydrogen (secondary N) is 1. The van der Waals surface area contributed by atoms with Crippen molar-refractivity contribution >= 4 is 15.9 Å². The summed E-state index contributed by atoms with van der Waals surface area (Å²) in [5.41, 5.74) is 1.18. The fourth-order valence-electron chi connectivity index (χ4n) is 3.60. The molecule has 2 aromatic rings. The molecule has 8 heteroatoms. The number of carbonyl (C=O) groups excluding carboxylic acids is 1. The number of rotatable bonds is 7. The van der Waals surface area contributed by atoms with E-state index in [1.165, 1.54) is 23.5 Å². The van der Waals surface area contributed by atoms with Crippen LogP contribution in [0.15, 0.2) is 47.4 Å². The summed E-state index contributed by atoms with van der Waals surface area (Å²) < 4.78 is 38.5. The van der Waals surface area contributed by atoms with Crippen molar-refractivity contribution in [1.29, 1.82) is 0 Å². The Morgan fingerprint density at radius 1 is 1.10 bits per heavy atom. The maximum Gasteiger partial charge on any atom is 0.251 e. The maximum atomic E-state index is 13.3. The van der Waals surface area contributed by atoms with Gasteiger partial charge in [-0.2, -0.15) is 4.31 Å². The molecule has 0 spiro atoms. The largest absolute Gasteiger partial charge is 0.497 e. The quantitative estimate of drug-likeness (QED) is 0.726. The number of ether oxygens (including phenoxy) is 2. The Morgan fingerprint density at radius 2 is 1.83 bits per heavy atom. The fraction of sp³-hybridized carbons (Fsp3) is 0.409. The topological polar surface area (TPSA) is 84.9 Å². The molecule has 1 fully saturated rings. The van der Waals surface area contributed by atoms with Crippen LogP contribution in [0.3, 0.4) is 0 Å². The molecule has 1 amide bonds. The summed E-state index contributed by atoms with van der Waals surface area (Å²) in [6.45, 7) is 2.70. The van der Waals surface area contributed by atoms with Gasteiger partial charge in [0.1, 0.15) is 16.4 Å². The summed E-state index contributed by atoms with van der Waals surface area (Å²) in [6, 6.07) is 11.8. The molecule has 3 rings (SSSR count). The van der Waals surface area contributed by atoms with Crippen molar-refractivity contribution in [3.05, 3.63) is 53.6 Å². The number of hydrogen-bond donors (Lipinski definition) is 1. The second-order valence-electron chi connectivity index (χ2n) is 7.36. The van der Waals surface area contributed by atoms with Crippen LogP contribution in [0.5, 0.6) is 11.5 Å². The van der Waals surface area contributed by atoms with E-state index >= 15 is 0 Å². The van der Waals surface area contributed by atoms with E-state index in [2.05, 4.69) is 5.32 Å². The van der Waals surface area contributed by atoms with E-state index in [0.717, 1.165) is 30.6 Å². The Bertz CT molecular complexity index is 989. The van der Waals surface area contributed by atoms with E-state index in [1.807, 2.05) is 31.2 Å². The van der Waals surface area contributed by atoms with Crippen molar-refractivity contribution in [3.8, 4) is 11.5 Å². The molecule has 2 aromatic carbocycles. The van der Waals surface area contributed by atoms with Gasteiger partial charge in [-0.05, 0) is 55.7 Å². The molecule has 0 radical (unpaired) electrons. The molecule has 1 N–H and O–H groups in total. The fourth-order valence-corrected chi connectivity index (χ4v) is 5.49. The van der Waals surface area contributed by atoms with Crippen molar-refractivity contribution in [1.82, 2.24) is 9.62 Å². The highest BCUT2D eigenvalue weighted by Gasteiger charge is 2.33. The monoisotopic (exact) mass is 432 g/mol. The van der Waals surface area contributed by atoms with E-state index in [0.29, 0.717) is 13.1 Å². The summed E-state index contributed by atoms with van der Waals surface area (Å²) in [6.07, 6.45) is 2.66. The number of methoxy groups -OCH3 is 2. The first kappa shape index (κ1) is 22.1. The molecule has 1 saturated heterocycles. The van der Waals surface area contributed by atoms with E-state index < -0.39 is 10.0 Å². The molecule has 1 aliphatic rings. The molecule has 1 heterocycles. The molecule has 7 nitrogen and oxygen atoms in total. The molecule has 0 bridgehead atoms. The molecular formula is C22H28N2O5S. The first-order chi connectivity index (χ1) is 14.4. The molecule has 0 aliphatic carbocycles. The molecule has 0 unspecified atom stereocenters. The molecule has 0 aromatic heterocycles. The van der Waals surface area contributed by atoms with Gasteiger partial charge in [0.05, 0.1) is 14.2 Å². The maximum absolute atomic E-state index is 13.3. The second-order valence-corrected chi connectivity index (χ2v) is 9.22. The number of amides is 1. The van der Waals surface area contributed by atoms with Crippen LogP contribution in [-0.2, 0) is 16.6 Å². The van der Waals surface area contributed by atoms with Gasteiger partial charge in [-0.25, -0.2) is 8.42 Å². The number of hydrogen-bond acceptors (Lipinski definition) is 5. The van der Waals surface area contributed by atoms with Crippen molar-refractivity contribution in [2.75, 3.05) is 20.8 Å². The van der Waals surface area contributed by atoms with Crippen molar-refractivity contribution in [2.24, 2.45) is 0 Å². The third kappa shape index (κ3) is 4.76. The zero-order chi connectivity index (χ0) is 21.7. The minimum Gasteiger partial charge on any atom is -0.497 e. The summed E-state index contributed by atoms with van der Waals surface area (Å²) >= 11 is 0. The number of piperidine rings is 1. The minimum absolute atomic E-state index is 0.0239. The summed E-state index contributed by atoms with van der Waals surface area (Å²) in [7, 11) is -0.748. The van der Waals surface area contributed by atoms with Crippen molar-refractivity contribution in [2.45, 2.75) is 43.7 Å². The van der Waals surface area contributed by atoms with E-state index in [4.69, 9.17) is 9.47 Å². The van der Waals surface area contributed by atoms with Crippen LogP contribution in [0.25, 0.3) is 0 Å². The lowest BCUT2D eigenvalue weighted by molar-refractivity contribution is 0.0950. The van der Waals surface area contributed by atoms with E-state index in [-0.39, 0.29) is 28.2 Å². The summed E-state index contributed by atoms with van der Waals surface area (Å²) in [4.78, 5) is 12.7. The zero-order valence-electron chi connectivity index (χ0n) is 17.6. The number of benzene rings is 2. The van der Waals surface area contributed by atoms with Crippen LogP contribution >= 0.6 is 0 Å². The Balaban J connectivity index is 1.81. The van der Waals surface area contributed by atoms with Gasteiger partial charge in [0.2, 0.25) is 10.0 Å². The Hall–Kier alpha value is -2.58. The highest BCUT2D eigenvalue weighted by atomic mass is 32.2. The lowest BCUT2D eigenvalue weighted by Crippen LogP contribution is -2.42. The predicted octanol–water partition coefficient (Wildman–Crippen LogP) is 3.20. The molecule has 30 heavy (non-hydrogen) atoms. The normalized spacial score (nSPS) is 17.4. The molecule has 162 valence electrons. The summed E-state index contributed by atoms with van der Waals surface area (Å²) in [5.74, 6) is 0.623. The highest BCUT2D eigenvalue weighted by molar-refractivity contribution is 7.89. The van der Waals surface area contributed by atoms with Crippen LogP contribution in [0, 0.1) is 0 Å². The number of sulfonamides is 1. The molecular weight excluding hydrogens is 404 g/mol. The van der Waals surface area contributed by atoms with Gasteiger partial charge in [-0.1, -0.05) is 18.6 Å². The van der Waals surface area contributed by atoms with Crippen molar-refractivity contribution in [3.63, 3.8) is 0 Å². The Morgan fingerprint density at radius 3 is 2.47 bits per heavy atom. The van der Waals surface area contributed by atoms with Gasteiger partial charge in [0.15, 0.2) is 0 Å². The third-order valence-electron chi connectivity index (χ3n) is 5.37. The van der Waals surface area contributed by atoms with Gasteiger partial charge < -0.3 is 14.8 Å². The summed E-state index contributed by atoms with van der Waals surface area (Å²) in [5, 5.41) is 2.83. The van der Waals surface area contributed by atoms with E-state index in [1.54, 1.807) is 13.2 Å². The second kappa shape index (κ2) is 9.49. The molecule has 1 aliphatic heterocycles. The predicted molar refractivity (Wildman–Crippen MR) is 114 cm³/mol. The average Bonchev–Trinajstić information content (AvgIpc) is 2.77. The smallest absolute Gasteiger partial charge is 0.251 e. The van der Waals surface area contributed by atoms with Crippen LogP contribution in [0.1, 0.15) is 42.1 Å². The zero-order valence-corrected chi connectivity index (χ0v) is 18.4. The van der Waals surface area contributed by atoms with Gasteiger partial charge in [-0.3, -0.25) is 4.79 Å². The lowest BCUT2D eigenvalue weighted by atomic mass is 10.1. The SMILES string of the molecule is COc1ccc(CNC(=O)c2ccc(OC)c(S(=O)(=O)N3CCCC[C@H]3C)c2)cc1. The Kier molecular flexibility index (Phi) is 6.99. The van der Waals surface area contributed by atoms with Crippen LogP contribution in [0.2, 0.25) is 0 Å². The van der Waals surface area contributed by atoms with Crippen molar-refractivity contribution < 1.29 is 22.7 Å². The highest BCUT2D eigenvalue weighted by Crippen LogP contribution is 2.31. The van der Waals surface area contributed by atoms with Gasteiger partial charge >= 0.3 is 0 Å². The van der Waals surface area contributed by atoms with Gasteiger partial charge in [-0.15, -0.1) is 0 Å². The molecule has 1 atom stereocenters. The van der Waals surface area contributed by atoms with Crippen LogP contribution in [0.4, 0.5) is 0 Å². The third-order valence-corrected chi connectivity index (χ3v) is 7.40. The average molecular weight is 433 g/mol.